The summed E-state index contributed by atoms with van der Waals surface area (Å²) in [6, 6.07) is 5.77. The fraction of sp³-hybridized carbons (Fsp3) is 0.350. The molecule has 0 aliphatic heterocycles. The number of rotatable bonds is 3. The quantitative estimate of drug-likeness (QED) is 0.534. The summed E-state index contributed by atoms with van der Waals surface area (Å²) in [5, 5.41) is 10.2. The largest absolute Gasteiger partial charge is 0.493 e. The topological polar surface area (TPSA) is 61.5 Å². The lowest BCUT2D eigenvalue weighted by molar-refractivity contribution is 0.355. The fourth-order valence-electron chi connectivity index (χ4n) is 3.92. The van der Waals surface area contributed by atoms with Crippen molar-refractivity contribution in [2.24, 2.45) is 5.92 Å². The summed E-state index contributed by atoms with van der Waals surface area (Å²) in [4.78, 5) is 7.24. The zero-order chi connectivity index (χ0) is 18.5. The van der Waals surface area contributed by atoms with Crippen LogP contribution in [0.5, 0.6) is 11.5 Å². The van der Waals surface area contributed by atoms with Gasteiger partial charge < -0.3 is 9.47 Å². The van der Waals surface area contributed by atoms with Crippen molar-refractivity contribution < 1.29 is 9.47 Å². The Kier molecular flexibility index (Phi) is 3.79. The van der Waals surface area contributed by atoms with Crippen LogP contribution in [0.3, 0.4) is 0 Å². The lowest BCUT2D eigenvalue weighted by Gasteiger charge is -2.17. The standard InChI is InChI=1S/C20H20N4O2S/c1-11-4-7-16-13(8-11)17-19-23-22-18(24(19)10-21-20(17)27-16)12-5-6-14(25-2)15(9-12)26-3/h5-6,9-11H,4,7-8H2,1-3H3/t11-/m1/s1. The third-order valence-electron chi connectivity index (χ3n) is 5.34. The molecule has 1 aliphatic carbocycles. The second-order valence-corrected chi connectivity index (χ2v) is 8.15. The molecule has 0 saturated carbocycles. The van der Waals surface area contributed by atoms with E-state index in [4.69, 9.17) is 14.5 Å². The molecule has 1 atom stereocenters. The second kappa shape index (κ2) is 6.20. The highest BCUT2D eigenvalue weighted by molar-refractivity contribution is 7.19. The number of benzene rings is 1. The number of aryl methyl sites for hydroxylation is 1. The van der Waals surface area contributed by atoms with Gasteiger partial charge in [-0.1, -0.05) is 6.92 Å². The highest BCUT2D eigenvalue weighted by atomic mass is 32.1. The summed E-state index contributed by atoms with van der Waals surface area (Å²) < 4.78 is 12.8. The first kappa shape index (κ1) is 16.5. The molecule has 0 amide bonds. The van der Waals surface area contributed by atoms with Crippen LogP contribution in [0, 0.1) is 5.92 Å². The van der Waals surface area contributed by atoms with E-state index in [0.29, 0.717) is 17.4 Å². The van der Waals surface area contributed by atoms with Crippen LogP contribution in [0.4, 0.5) is 0 Å². The highest BCUT2D eigenvalue weighted by Gasteiger charge is 2.24. The average molecular weight is 380 g/mol. The van der Waals surface area contributed by atoms with E-state index in [0.717, 1.165) is 34.7 Å². The monoisotopic (exact) mass is 380 g/mol. The van der Waals surface area contributed by atoms with Gasteiger partial charge in [0.1, 0.15) is 11.2 Å². The molecule has 0 fully saturated rings. The molecule has 0 unspecified atom stereocenters. The minimum Gasteiger partial charge on any atom is -0.493 e. The summed E-state index contributed by atoms with van der Waals surface area (Å²) in [6.45, 7) is 2.32. The van der Waals surface area contributed by atoms with E-state index < -0.39 is 0 Å². The normalized spacial score (nSPS) is 16.6. The van der Waals surface area contributed by atoms with Gasteiger partial charge in [-0.05, 0) is 48.9 Å². The van der Waals surface area contributed by atoms with Crippen molar-refractivity contribution >= 4 is 27.2 Å². The molecule has 27 heavy (non-hydrogen) atoms. The molecule has 138 valence electrons. The van der Waals surface area contributed by atoms with Crippen molar-refractivity contribution in [2.45, 2.75) is 26.2 Å². The Morgan fingerprint density at radius 2 is 2.00 bits per heavy atom. The van der Waals surface area contributed by atoms with Gasteiger partial charge in [-0.2, -0.15) is 0 Å². The van der Waals surface area contributed by atoms with E-state index in [1.54, 1.807) is 25.6 Å². The summed E-state index contributed by atoms with van der Waals surface area (Å²) >= 11 is 1.80. The lowest BCUT2D eigenvalue weighted by atomic mass is 9.89. The van der Waals surface area contributed by atoms with Gasteiger partial charge in [-0.3, -0.25) is 4.40 Å². The zero-order valence-corrected chi connectivity index (χ0v) is 16.3. The van der Waals surface area contributed by atoms with Gasteiger partial charge in [0.05, 0.1) is 19.6 Å². The minimum absolute atomic E-state index is 0.669. The molecule has 0 N–H and O–H groups in total. The summed E-state index contributed by atoms with van der Waals surface area (Å²) in [5.74, 6) is 2.81. The van der Waals surface area contributed by atoms with Gasteiger partial charge in [0, 0.05) is 10.4 Å². The average Bonchev–Trinajstić information content (AvgIpc) is 3.28. The van der Waals surface area contributed by atoms with Crippen LogP contribution < -0.4 is 9.47 Å². The number of aromatic nitrogens is 4. The minimum atomic E-state index is 0.669. The number of ether oxygens (including phenoxy) is 2. The van der Waals surface area contributed by atoms with E-state index >= 15 is 0 Å². The second-order valence-electron chi connectivity index (χ2n) is 7.06. The molecule has 0 bridgehead atoms. The summed E-state index contributed by atoms with van der Waals surface area (Å²) in [6.07, 6.45) is 5.31. The number of methoxy groups -OCH3 is 2. The molecular weight excluding hydrogens is 360 g/mol. The van der Waals surface area contributed by atoms with Crippen LogP contribution in [-0.4, -0.2) is 33.8 Å². The van der Waals surface area contributed by atoms with E-state index in [2.05, 4.69) is 17.1 Å². The van der Waals surface area contributed by atoms with Gasteiger partial charge in [-0.25, -0.2) is 4.98 Å². The molecular formula is C20H20N4O2S. The van der Waals surface area contributed by atoms with Crippen molar-refractivity contribution in [3.05, 3.63) is 35.0 Å². The van der Waals surface area contributed by atoms with Crippen LogP contribution in [0.2, 0.25) is 0 Å². The molecule has 0 spiro atoms. The molecule has 3 heterocycles. The van der Waals surface area contributed by atoms with Gasteiger partial charge in [0.15, 0.2) is 23.0 Å². The third kappa shape index (κ3) is 2.49. The van der Waals surface area contributed by atoms with E-state index in [1.807, 2.05) is 28.9 Å². The molecule has 7 heteroatoms. The predicted octanol–water partition coefficient (Wildman–Crippen LogP) is 4.15. The smallest absolute Gasteiger partial charge is 0.172 e. The fourth-order valence-corrected chi connectivity index (χ4v) is 5.10. The molecule has 1 aliphatic rings. The van der Waals surface area contributed by atoms with Crippen molar-refractivity contribution in [3.63, 3.8) is 0 Å². The molecule has 0 radical (unpaired) electrons. The Morgan fingerprint density at radius 3 is 2.81 bits per heavy atom. The Morgan fingerprint density at radius 1 is 1.15 bits per heavy atom. The first-order valence-electron chi connectivity index (χ1n) is 9.06. The van der Waals surface area contributed by atoms with Gasteiger partial charge in [-0.15, -0.1) is 21.5 Å². The first-order valence-corrected chi connectivity index (χ1v) is 9.87. The van der Waals surface area contributed by atoms with Crippen LogP contribution in [0.1, 0.15) is 23.8 Å². The number of fused-ring (bicyclic) bond motifs is 5. The Balaban J connectivity index is 1.72. The lowest BCUT2D eigenvalue weighted by Crippen LogP contribution is -2.09. The van der Waals surface area contributed by atoms with Gasteiger partial charge >= 0.3 is 0 Å². The number of thiophene rings is 1. The summed E-state index contributed by atoms with van der Waals surface area (Å²) in [7, 11) is 3.26. The molecule has 0 saturated heterocycles. The summed E-state index contributed by atoms with van der Waals surface area (Å²) in [5.41, 5.74) is 3.22. The van der Waals surface area contributed by atoms with Crippen molar-refractivity contribution in [2.75, 3.05) is 14.2 Å². The molecule has 6 nitrogen and oxygen atoms in total. The highest BCUT2D eigenvalue weighted by Crippen LogP contribution is 2.39. The maximum atomic E-state index is 5.43. The Labute approximate surface area is 160 Å². The molecule has 5 rings (SSSR count). The molecule has 3 aromatic heterocycles. The van der Waals surface area contributed by atoms with Crippen LogP contribution >= 0.6 is 11.3 Å². The Bertz CT molecular complexity index is 1160. The maximum Gasteiger partial charge on any atom is 0.172 e. The van der Waals surface area contributed by atoms with Crippen molar-refractivity contribution in [3.8, 4) is 22.9 Å². The number of hydrogen-bond acceptors (Lipinski definition) is 6. The van der Waals surface area contributed by atoms with Gasteiger partial charge in [0.2, 0.25) is 0 Å². The number of nitrogens with zero attached hydrogens (tertiary/aromatic N) is 4. The Hall–Kier alpha value is -2.67. The van der Waals surface area contributed by atoms with E-state index in [1.165, 1.54) is 22.2 Å². The first-order chi connectivity index (χ1) is 13.2. The van der Waals surface area contributed by atoms with Gasteiger partial charge in [0.25, 0.3) is 0 Å². The molecule has 4 aromatic rings. The van der Waals surface area contributed by atoms with Crippen LogP contribution in [0.15, 0.2) is 24.5 Å². The predicted molar refractivity (Wildman–Crippen MR) is 106 cm³/mol. The van der Waals surface area contributed by atoms with Crippen molar-refractivity contribution in [1.82, 2.24) is 19.6 Å². The number of hydrogen-bond donors (Lipinski definition) is 0. The zero-order valence-electron chi connectivity index (χ0n) is 15.5. The van der Waals surface area contributed by atoms with E-state index in [-0.39, 0.29) is 0 Å². The third-order valence-corrected chi connectivity index (χ3v) is 6.54. The van der Waals surface area contributed by atoms with Crippen LogP contribution in [0.25, 0.3) is 27.3 Å². The van der Waals surface area contributed by atoms with E-state index in [9.17, 15) is 0 Å². The SMILES string of the molecule is COc1ccc(-c2nnc3c4c5c(sc4ncn23)CC[C@@H](C)C5)cc1OC. The van der Waals surface area contributed by atoms with Crippen LogP contribution in [-0.2, 0) is 12.8 Å². The maximum absolute atomic E-state index is 5.43. The molecule has 1 aromatic carbocycles. The van der Waals surface area contributed by atoms with Crippen molar-refractivity contribution in [1.29, 1.82) is 0 Å².